The summed E-state index contributed by atoms with van der Waals surface area (Å²) in [5.74, 6) is 2.44. The van der Waals surface area contributed by atoms with Crippen LogP contribution in [0.5, 0.6) is 11.5 Å². The van der Waals surface area contributed by atoms with Crippen LogP contribution in [0.2, 0.25) is 0 Å². The van der Waals surface area contributed by atoms with Crippen molar-refractivity contribution < 1.29 is 4.74 Å². The molecule has 2 aromatic heterocycles. The van der Waals surface area contributed by atoms with Gasteiger partial charge in [0.15, 0.2) is 0 Å². The zero-order valence-electron chi connectivity index (χ0n) is 39.5. The Morgan fingerprint density at radius 1 is 0.469 bits per heavy atom. The maximum absolute atomic E-state index is 7.07. The summed E-state index contributed by atoms with van der Waals surface area (Å²) < 4.78 is 9.37. The van der Waals surface area contributed by atoms with Crippen LogP contribution in [0.15, 0.2) is 170 Å². The van der Waals surface area contributed by atoms with Gasteiger partial charge in [-0.3, -0.25) is 4.57 Å². The highest BCUT2D eigenvalue weighted by molar-refractivity contribution is 6.10. The number of aromatic nitrogens is 2. The summed E-state index contributed by atoms with van der Waals surface area (Å²) in [4.78, 5) is 9.83. The molecule has 0 radical (unpaired) electrons. The number of hydrogen-bond donors (Lipinski definition) is 0. The van der Waals surface area contributed by atoms with Gasteiger partial charge in [-0.25, -0.2) is 4.98 Å². The van der Waals surface area contributed by atoms with Gasteiger partial charge in [-0.05, 0) is 105 Å². The van der Waals surface area contributed by atoms with E-state index in [2.05, 4.69) is 248 Å². The molecule has 1 aliphatic rings. The number of anilines is 2. The molecule has 0 atom stereocenters. The zero-order valence-corrected chi connectivity index (χ0v) is 39.5. The van der Waals surface area contributed by atoms with Crippen molar-refractivity contribution in [2.45, 2.75) is 92.4 Å². The number of pyridine rings is 1. The Bertz CT molecular complexity index is 3010. The van der Waals surface area contributed by atoms with Gasteiger partial charge in [0.1, 0.15) is 17.3 Å². The fourth-order valence-electron chi connectivity index (χ4n) is 9.06. The van der Waals surface area contributed by atoms with Crippen molar-refractivity contribution in [1.29, 1.82) is 0 Å². The highest BCUT2D eigenvalue weighted by atomic mass is 16.5. The van der Waals surface area contributed by atoms with Gasteiger partial charge in [0.05, 0.1) is 17.7 Å². The van der Waals surface area contributed by atoms with E-state index in [1.807, 2.05) is 6.20 Å². The van der Waals surface area contributed by atoms with Crippen molar-refractivity contribution in [3.8, 4) is 28.4 Å². The highest BCUT2D eigenvalue weighted by Gasteiger charge is 2.33. The van der Waals surface area contributed by atoms with Crippen molar-refractivity contribution in [3.63, 3.8) is 0 Å². The largest absolute Gasteiger partial charge is 0.457 e. The summed E-state index contributed by atoms with van der Waals surface area (Å²) >= 11 is 0. The first kappa shape index (κ1) is 42.7. The van der Waals surface area contributed by atoms with Crippen LogP contribution in [0.1, 0.15) is 98.4 Å². The van der Waals surface area contributed by atoms with Crippen LogP contribution >= 0.6 is 0 Å². The third kappa shape index (κ3) is 8.20. The molecule has 0 bridgehead atoms. The Balaban J connectivity index is 1.17. The number of ether oxygens (including phenoxy) is 1. The molecule has 324 valence electrons. The maximum Gasteiger partial charge on any atom is 0.137 e. The number of nitrogens with zero attached hydrogens (tertiary/aromatic N) is 4. The molecule has 5 heteroatoms. The van der Waals surface area contributed by atoms with Gasteiger partial charge in [-0.1, -0.05) is 155 Å². The molecule has 0 aliphatic carbocycles. The topological polar surface area (TPSA) is 33.5 Å². The van der Waals surface area contributed by atoms with Gasteiger partial charge < -0.3 is 14.5 Å². The van der Waals surface area contributed by atoms with Gasteiger partial charge in [0.25, 0.3) is 0 Å². The second-order valence-electron chi connectivity index (χ2n) is 21.2. The summed E-state index contributed by atoms with van der Waals surface area (Å²) in [7, 11) is 0. The van der Waals surface area contributed by atoms with Crippen LogP contribution in [0.4, 0.5) is 11.4 Å². The van der Waals surface area contributed by atoms with Crippen molar-refractivity contribution in [1.82, 2.24) is 9.55 Å². The Hall–Kier alpha value is -6.59. The summed E-state index contributed by atoms with van der Waals surface area (Å²) in [5, 5.41) is 2.32. The van der Waals surface area contributed by atoms with Crippen LogP contribution < -0.4 is 14.5 Å². The van der Waals surface area contributed by atoms with E-state index in [9.17, 15) is 0 Å². The molecule has 5 nitrogen and oxygen atoms in total. The summed E-state index contributed by atoms with van der Waals surface area (Å²) in [6, 6.07) is 55.0. The molecule has 3 heterocycles. The van der Waals surface area contributed by atoms with Crippen molar-refractivity contribution >= 4 is 33.2 Å². The van der Waals surface area contributed by atoms with Crippen LogP contribution in [0, 0.1) is 5.41 Å². The lowest BCUT2D eigenvalue weighted by atomic mass is 9.78. The first-order valence-corrected chi connectivity index (χ1v) is 22.7. The Morgan fingerprint density at radius 3 is 1.83 bits per heavy atom. The molecule has 64 heavy (non-hydrogen) atoms. The van der Waals surface area contributed by atoms with Gasteiger partial charge in [-0.2, -0.15) is 0 Å². The summed E-state index contributed by atoms with van der Waals surface area (Å²) in [6.07, 6.45) is 4.27. The standard InChI is InChI=1S/C59H62N4O/c1-56(2,3)42-23-25-46(26-24-42)62-39-61(38-54(62)58(7,8)9)47-33-45(59(10,11)43-20-16-13-17-21-43)34-49(36-47)64-48-27-28-50-51-32-41(40-18-14-12-15-19-40)22-29-52(51)63(53(50)37-48)55-35-44(30-31-60-55)57(4,5)6/h12-38H,39H2,1-11H3. The normalized spacial score (nSPS) is 13.8. The van der Waals surface area contributed by atoms with E-state index >= 15 is 0 Å². The third-order valence-electron chi connectivity index (χ3n) is 13.0. The second-order valence-corrected chi connectivity index (χ2v) is 21.2. The van der Waals surface area contributed by atoms with Crippen molar-refractivity contribution in [2.24, 2.45) is 5.41 Å². The number of fused-ring (bicyclic) bond motifs is 3. The van der Waals surface area contributed by atoms with Crippen LogP contribution in [0.25, 0.3) is 38.8 Å². The lowest BCUT2D eigenvalue weighted by Crippen LogP contribution is -2.30. The molecule has 9 rings (SSSR count). The van der Waals surface area contributed by atoms with E-state index in [1.54, 1.807) is 0 Å². The zero-order chi connectivity index (χ0) is 45.2. The van der Waals surface area contributed by atoms with E-state index < -0.39 is 0 Å². The minimum atomic E-state index is -0.301. The summed E-state index contributed by atoms with van der Waals surface area (Å²) in [5.41, 5.74) is 12.7. The molecule has 0 spiro atoms. The first-order valence-electron chi connectivity index (χ1n) is 22.7. The number of allylic oxidation sites excluding steroid dienone is 1. The minimum Gasteiger partial charge on any atom is -0.457 e. The average Bonchev–Trinajstić information content (AvgIpc) is 3.87. The molecule has 0 unspecified atom stereocenters. The molecule has 1 aliphatic heterocycles. The molecule has 8 aromatic rings. The predicted molar refractivity (Wildman–Crippen MR) is 270 cm³/mol. The smallest absolute Gasteiger partial charge is 0.137 e. The van der Waals surface area contributed by atoms with Gasteiger partial charge >= 0.3 is 0 Å². The van der Waals surface area contributed by atoms with Crippen LogP contribution in [0.3, 0.4) is 0 Å². The van der Waals surface area contributed by atoms with Crippen LogP contribution in [-0.2, 0) is 16.2 Å². The number of rotatable bonds is 8. The highest BCUT2D eigenvalue weighted by Crippen LogP contribution is 2.43. The predicted octanol–water partition coefficient (Wildman–Crippen LogP) is 15.7. The van der Waals surface area contributed by atoms with E-state index in [-0.39, 0.29) is 21.7 Å². The number of hydrogen-bond acceptors (Lipinski definition) is 4. The molecular weight excluding hydrogens is 781 g/mol. The lowest BCUT2D eigenvalue weighted by molar-refractivity contribution is 0.480. The molecule has 0 saturated carbocycles. The van der Waals surface area contributed by atoms with E-state index in [1.165, 1.54) is 50.2 Å². The van der Waals surface area contributed by atoms with Gasteiger partial charge in [0.2, 0.25) is 0 Å². The van der Waals surface area contributed by atoms with Crippen LogP contribution in [-0.4, -0.2) is 16.2 Å². The third-order valence-corrected chi connectivity index (χ3v) is 13.0. The fraction of sp³-hybridized carbons (Fsp3) is 0.271. The van der Waals surface area contributed by atoms with Gasteiger partial charge in [0, 0.05) is 63.2 Å². The Kier molecular flexibility index (Phi) is 10.6. The van der Waals surface area contributed by atoms with E-state index in [4.69, 9.17) is 9.72 Å². The average molecular weight is 843 g/mol. The molecular formula is C59H62N4O. The molecule has 0 N–H and O–H groups in total. The van der Waals surface area contributed by atoms with E-state index in [0.29, 0.717) is 6.67 Å². The summed E-state index contributed by atoms with van der Waals surface area (Å²) in [6.45, 7) is 25.8. The second kappa shape index (κ2) is 15.9. The van der Waals surface area contributed by atoms with Crippen molar-refractivity contribution in [2.75, 3.05) is 16.5 Å². The molecule has 0 amide bonds. The SMILES string of the molecule is CC(C)(C)C1=CN(c2cc(Oc3ccc4c5cc(-c6ccccc6)ccc5n(-c5cc(C(C)(C)C)ccn5)c4c3)cc(C(C)(C)c3ccccc3)c2)CN1c1ccc(C(C)(C)C)cc1. The molecule has 0 fully saturated rings. The van der Waals surface area contributed by atoms with E-state index in [0.717, 1.165) is 39.4 Å². The quantitative estimate of drug-likeness (QED) is 0.153. The first-order chi connectivity index (χ1) is 30.3. The lowest BCUT2D eigenvalue weighted by Gasteiger charge is -2.31. The minimum absolute atomic E-state index is 0.0342. The molecule has 6 aromatic carbocycles. The fourth-order valence-corrected chi connectivity index (χ4v) is 9.06. The monoisotopic (exact) mass is 842 g/mol. The number of benzene rings is 6. The Morgan fingerprint density at radius 2 is 1.16 bits per heavy atom. The maximum atomic E-state index is 7.07. The van der Waals surface area contributed by atoms with Crippen molar-refractivity contribution in [3.05, 3.63) is 192 Å². The Labute approximate surface area is 380 Å². The van der Waals surface area contributed by atoms with Gasteiger partial charge in [-0.15, -0.1) is 0 Å². The molecule has 0 saturated heterocycles.